The number of hydrogen-bond donors (Lipinski definition) is 1. The van der Waals surface area contributed by atoms with Crippen LogP contribution in [0.2, 0.25) is 0 Å². The molecule has 0 aliphatic heterocycles. The van der Waals surface area contributed by atoms with Crippen molar-refractivity contribution in [2.75, 3.05) is 20.7 Å². The fourth-order valence-electron chi connectivity index (χ4n) is 2.29. The zero-order chi connectivity index (χ0) is 17.4. The summed E-state index contributed by atoms with van der Waals surface area (Å²) in [6, 6.07) is 8.11. The molecule has 0 unspecified atom stereocenters. The Morgan fingerprint density at radius 3 is 2.56 bits per heavy atom. The fraction of sp³-hybridized carbons (Fsp3) is 0.444. The molecule has 25 heavy (non-hydrogen) atoms. The molecule has 7 heteroatoms. The zero-order valence-electron chi connectivity index (χ0n) is 15.3. The summed E-state index contributed by atoms with van der Waals surface area (Å²) in [5.74, 6) is 1.76. The molecule has 1 heterocycles. The molecule has 0 saturated heterocycles. The smallest absolute Gasteiger partial charge is 0.194 e. The Kier molecular flexibility index (Phi) is 9.81. The van der Waals surface area contributed by atoms with Crippen LogP contribution in [-0.2, 0) is 19.5 Å². The van der Waals surface area contributed by atoms with Crippen LogP contribution in [0.1, 0.15) is 30.1 Å². The molecule has 0 spiro atoms. The second-order valence-electron chi connectivity index (χ2n) is 5.46. The fourth-order valence-corrected chi connectivity index (χ4v) is 3.03. The van der Waals surface area contributed by atoms with E-state index in [-0.39, 0.29) is 24.0 Å². The topological polar surface area (TPSA) is 49.8 Å². The highest BCUT2D eigenvalue weighted by Crippen LogP contribution is 2.13. The Hall–Kier alpha value is -1.35. The largest absolute Gasteiger partial charge is 0.497 e. The van der Waals surface area contributed by atoms with Crippen molar-refractivity contribution >= 4 is 41.3 Å². The summed E-state index contributed by atoms with van der Waals surface area (Å²) >= 11 is 1.70. The number of aliphatic imine (C=N–C) groups is 1. The quantitative estimate of drug-likeness (QED) is 0.376. The van der Waals surface area contributed by atoms with E-state index in [4.69, 9.17) is 9.73 Å². The predicted molar refractivity (Wildman–Crippen MR) is 116 cm³/mol. The lowest BCUT2D eigenvalue weighted by molar-refractivity contribution is 0.414. The molecule has 5 nitrogen and oxygen atoms in total. The summed E-state index contributed by atoms with van der Waals surface area (Å²) in [6.07, 6.45) is 0.978. The molecule has 2 rings (SSSR count). The molecule has 0 saturated carbocycles. The minimum Gasteiger partial charge on any atom is -0.497 e. The predicted octanol–water partition coefficient (Wildman–Crippen LogP) is 3.93. The number of rotatable bonds is 7. The Morgan fingerprint density at radius 1 is 1.28 bits per heavy atom. The van der Waals surface area contributed by atoms with Crippen molar-refractivity contribution in [1.82, 2.24) is 15.2 Å². The molecule has 1 N–H and O–H groups in total. The van der Waals surface area contributed by atoms with Crippen LogP contribution in [0.25, 0.3) is 0 Å². The minimum atomic E-state index is 0. The molecular weight excluding hydrogens is 447 g/mol. The molecule has 0 fully saturated rings. The van der Waals surface area contributed by atoms with E-state index in [0.29, 0.717) is 6.54 Å². The molecule has 0 radical (unpaired) electrons. The van der Waals surface area contributed by atoms with E-state index in [1.165, 1.54) is 5.56 Å². The summed E-state index contributed by atoms with van der Waals surface area (Å²) < 4.78 is 5.20. The number of aromatic nitrogens is 1. The van der Waals surface area contributed by atoms with Crippen LogP contribution in [0.4, 0.5) is 0 Å². The van der Waals surface area contributed by atoms with Gasteiger partial charge in [0.15, 0.2) is 5.96 Å². The highest BCUT2D eigenvalue weighted by atomic mass is 127. The Labute approximate surface area is 171 Å². The summed E-state index contributed by atoms with van der Waals surface area (Å²) in [6.45, 7) is 6.43. The molecule has 1 aromatic heterocycles. The summed E-state index contributed by atoms with van der Waals surface area (Å²) in [7, 11) is 3.73. The van der Waals surface area contributed by atoms with E-state index in [1.54, 1.807) is 18.4 Å². The van der Waals surface area contributed by atoms with Gasteiger partial charge >= 0.3 is 0 Å². The molecule has 138 valence electrons. The highest BCUT2D eigenvalue weighted by molar-refractivity contribution is 14.0. The number of hydrogen-bond acceptors (Lipinski definition) is 4. The Balaban J connectivity index is 0.00000312. The molecule has 0 aliphatic carbocycles. The number of thiazole rings is 1. The number of guanidine groups is 1. The maximum absolute atomic E-state index is 5.20. The number of benzene rings is 1. The van der Waals surface area contributed by atoms with Gasteiger partial charge in [0.1, 0.15) is 5.75 Å². The molecular formula is C18H27IN4OS. The van der Waals surface area contributed by atoms with Crippen molar-refractivity contribution in [2.45, 2.75) is 33.4 Å². The van der Waals surface area contributed by atoms with Crippen LogP contribution in [0.5, 0.6) is 5.75 Å². The molecule has 0 aliphatic rings. The van der Waals surface area contributed by atoms with Crippen molar-refractivity contribution in [3.8, 4) is 5.75 Å². The Morgan fingerprint density at radius 2 is 2.00 bits per heavy atom. The van der Waals surface area contributed by atoms with Crippen molar-refractivity contribution in [3.05, 3.63) is 45.9 Å². The van der Waals surface area contributed by atoms with Crippen LogP contribution in [0.15, 0.2) is 34.6 Å². The van der Waals surface area contributed by atoms with Gasteiger partial charge in [-0.3, -0.25) is 0 Å². The van der Waals surface area contributed by atoms with E-state index in [9.17, 15) is 0 Å². The van der Waals surface area contributed by atoms with Gasteiger partial charge < -0.3 is 15.0 Å². The first kappa shape index (κ1) is 21.7. The van der Waals surface area contributed by atoms with Crippen LogP contribution in [-0.4, -0.2) is 36.5 Å². The lowest BCUT2D eigenvalue weighted by Gasteiger charge is -2.22. The van der Waals surface area contributed by atoms with E-state index in [0.717, 1.165) is 41.9 Å². The van der Waals surface area contributed by atoms with Gasteiger partial charge in [0, 0.05) is 25.5 Å². The van der Waals surface area contributed by atoms with Crippen LogP contribution >= 0.6 is 35.3 Å². The van der Waals surface area contributed by atoms with Crippen LogP contribution in [0.3, 0.4) is 0 Å². The normalized spacial score (nSPS) is 11.0. The summed E-state index contributed by atoms with van der Waals surface area (Å²) in [4.78, 5) is 11.4. The number of nitrogens with zero attached hydrogens (tertiary/aromatic N) is 3. The third-order valence-corrected chi connectivity index (χ3v) is 4.61. The molecule has 0 atom stereocenters. The van der Waals surface area contributed by atoms with Gasteiger partial charge in [0.05, 0.1) is 24.4 Å². The molecule has 2 aromatic rings. The summed E-state index contributed by atoms with van der Waals surface area (Å²) in [5, 5.41) is 6.60. The van der Waals surface area contributed by atoms with Gasteiger partial charge in [0.25, 0.3) is 0 Å². The monoisotopic (exact) mass is 474 g/mol. The number of aryl methyl sites for hydroxylation is 1. The van der Waals surface area contributed by atoms with Gasteiger partial charge in [-0.15, -0.1) is 35.3 Å². The number of nitrogens with one attached hydrogen (secondary N) is 1. The number of methoxy groups -OCH3 is 1. The molecule has 0 bridgehead atoms. The molecule has 1 aromatic carbocycles. The lowest BCUT2D eigenvalue weighted by Crippen LogP contribution is -2.38. The van der Waals surface area contributed by atoms with Crippen LogP contribution < -0.4 is 10.1 Å². The van der Waals surface area contributed by atoms with E-state index in [2.05, 4.69) is 46.6 Å². The van der Waals surface area contributed by atoms with Gasteiger partial charge in [-0.25, -0.2) is 9.98 Å². The molecule has 0 amide bonds. The zero-order valence-corrected chi connectivity index (χ0v) is 18.4. The Bertz CT molecular complexity index is 657. The van der Waals surface area contributed by atoms with Crippen molar-refractivity contribution in [2.24, 2.45) is 4.99 Å². The first-order chi connectivity index (χ1) is 11.7. The second-order valence-corrected chi connectivity index (χ2v) is 6.40. The first-order valence-electron chi connectivity index (χ1n) is 8.21. The van der Waals surface area contributed by atoms with Gasteiger partial charge in [-0.1, -0.05) is 19.1 Å². The third kappa shape index (κ3) is 6.81. The van der Waals surface area contributed by atoms with E-state index >= 15 is 0 Å². The van der Waals surface area contributed by atoms with Gasteiger partial charge in [0.2, 0.25) is 0 Å². The van der Waals surface area contributed by atoms with Crippen molar-refractivity contribution < 1.29 is 4.74 Å². The first-order valence-corrected chi connectivity index (χ1v) is 9.09. The maximum atomic E-state index is 5.20. The number of ether oxygens (including phenoxy) is 1. The van der Waals surface area contributed by atoms with Gasteiger partial charge in [-0.2, -0.15) is 0 Å². The maximum Gasteiger partial charge on any atom is 0.194 e. The van der Waals surface area contributed by atoms with E-state index < -0.39 is 0 Å². The third-order valence-electron chi connectivity index (χ3n) is 3.57. The lowest BCUT2D eigenvalue weighted by atomic mass is 10.2. The second kappa shape index (κ2) is 11.3. The highest BCUT2D eigenvalue weighted by Gasteiger charge is 2.07. The number of halogens is 1. The van der Waals surface area contributed by atoms with Crippen molar-refractivity contribution in [3.63, 3.8) is 0 Å². The standard InChI is InChI=1S/C18H26N4OS.HI/c1-5-17-21-15(13-24-17)11-20-18(19-6-2)22(3)12-14-7-9-16(23-4)10-8-14;/h7-10,13H,5-6,11-12H2,1-4H3,(H,19,20);1H. The average Bonchev–Trinajstić information content (AvgIpc) is 3.07. The SMILES string of the molecule is CCNC(=NCc1csc(CC)n1)N(C)Cc1ccc(OC)cc1.I. The van der Waals surface area contributed by atoms with Crippen molar-refractivity contribution in [1.29, 1.82) is 0 Å². The minimum absolute atomic E-state index is 0. The van der Waals surface area contributed by atoms with Crippen LogP contribution in [0, 0.1) is 0 Å². The average molecular weight is 474 g/mol. The summed E-state index contributed by atoms with van der Waals surface area (Å²) in [5.41, 5.74) is 2.25. The van der Waals surface area contributed by atoms with E-state index in [1.807, 2.05) is 19.2 Å². The van der Waals surface area contributed by atoms with Gasteiger partial charge in [-0.05, 0) is 31.0 Å².